The maximum absolute atomic E-state index is 5.39. The molecule has 3 rings (SSSR count). The van der Waals surface area contributed by atoms with Crippen LogP contribution >= 0.6 is 24.0 Å². The molecule has 0 bridgehead atoms. The van der Waals surface area contributed by atoms with Crippen molar-refractivity contribution < 1.29 is 0 Å². The number of fused-ring (bicyclic) bond motifs is 1. The van der Waals surface area contributed by atoms with Crippen molar-refractivity contribution in [2.24, 2.45) is 5.92 Å². The van der Waals surface area contributed by atoms with Gasteiger partial charge in [-0.05, 0) is 31.7 Å². The number of nitrogens with one attached hydrogen (secondary N) is 1. The van der Waals surface area contributed by atoms with Gasteiger partial charge in [-0.15, -0.1) is 0 Å². The molecule has 1 N–H and O–H groups in total. The van der Waals surface area contributed by atoms with Gasteiger partial charge in [0.05, 0.1) is 0 Å². The maximum atomic E-state index is 5.39. The van der Waals surface area contributed by atoms with Crippen LogP contribution < -0.4 is 5.32 Å². The SMILES string of the molecule is Cc1ccc([C@H]2SC(=S)NC3=CCCC[C@@H]32)cc1. The first-order valence-electron chi connectivity index (χ1n) is 6.48. The molecule has 0 saturated carbocycles. The van der Waals surface area contributed by atoms with E-state index in [4.69, 9.17) is 12.2 Å². The van der Waals surface area contributed by atoms with Crippen LogP contribution in [0.1, 0.15) is 35.6 Å². The Kier molecular flexibility index (Phi) is 3.44. The van der Waals surface area contributed by atoms with E-state index in [0.29, 0.717) is 11.2 Å². The van der Waals surface area contributed by atoms with Gasteiger partial charge in [0, 0.05) is 16.9 Å². The zero-order valence-corrected chi connectivity index (χ0v) is 12.1. The van der Waals surface area contributed by atoms with E-state index in [-0.39, 0.29) is 0 Å². The summed E-state index contributed by atoms with van der Waals surface area (Å²) < 4.78 is 0.921. The average molecular weight is 275 g/mol. The van der Waals surface area contributed by atoms with Gasteiger partial charge in [0.1, 0.15) is 4.32 Å². The first-order valence-corrected chi connectivity index (χ1v) is 7.77. The van der Waals surface area contributed by atoms with E-state index in [9.17, 15) is 0 Å². The molecule has 0 aromatic heterocycles. The summed E-state index contributed by atoms with van der Waals surface area (Å²) in [4.78, 5) is 0. The number of allylic oxidation sites excluding steroid dienone is 2. The number of thioether (sulfide) groups is 1. The van der Waals surface area contributed by atoms with Crippen LogP contribution in [0.15, 0.2) is 36.0 Å². The summed E-state index contributed by atoms with van der Waals surface area (Å²) in [6.07, 6.45) is 6.09. The zero-order valence-electron chi connectivity index (χ0n) is 10.5. The maximum Gasteiger partial charge on any atom is 0.138 e. The average Bonchev–Trinajstić information content (AvgIpc) is 2.38. The summed E-state index contributed by atoms with van der Waals surface area (Å²) in [5.74, 6) is 0.609. The highest BCUT2D eigenvalue weighted by Gasteiger charge is 2.33. The fourth-order valence-electron chi connectivity index (χ4n) is 2.76. The van der Waals surface area contributed by atoms with Crippen LogP contribution in [0.5, 0.6) is 0 Å². The number of thiocarbonyl (C=S) groups is 1. The molecule has 18 heavy (non-hydrogen) atoms. The summed E-state index contributed by atoms with van der Waals surface area (Å²) >= 11 is 7.20. The molecule has 0 radical (unpaired) electrons. The molecule has 1 aromatic carbocycles. The van der Waals surface area contributed by atoms with E-state index in [0.717, 1.165) is 4.32 Å². The molecule has 2 atom stereocenters. The van der Waals surface area contributed by atoms with Gasteiger partial charge in [-0.3, -0.25) is 0 Å². The van der Waals surface area contributed by atoms with E-state index < -0.39 is 0 Å². The van der Waals surface area contributed by atoms with Crippen molar-refractivity contribution in [3.8, 4) is 0 Å². The Morgan fingerprint density at radius 3 is 2.83 bits per heavy atom. The van der Waals surface area contributed by atoms with Gasteiger partial charge < -0.3 is 5.32 Å². The molecule has 1 aliphatic heterocycles. The minimum Gasteiger partial charge on any atom is -0.345 e. The Hall–Kier alpha value is -0.800. The van der Waals surface area contributed by atoms with Crippen LogP contribution in [-0.4, -0.2) is 4.32 Å². The molecule has 1 aliphatic carbocycles. The van der Waals surface area contributed by atoms with E-state index in [2.05, 4.69) is 42.6 Å². The fraction of sp³-hybridized carbons (Fsp3) is 0.400. The molecule has 3 heteroatoms. The Balaban J connectivity index is 1.94. The van der Waals surface area contributed by atoms with Gasteiger partial charge in [0.15, 0.2) is 0 Å². The molecule has 1 fully saturated rings. The van der Waals surface area contributed by atoms with E-state index >= 15 is 0 Å². The second-order valence-corrected chi connectivity index (χ2v) is 6.88. The van der Waals surface area contributed by atoms with Crippen molar-refractivity contribution in [1.82, 2.24) is 5.32 Å². The molecule has 2 aliphatic rings. The van der Waals surface area contributed by atoms with Crippen molar-refractivity contribution in [1.29, 1.82) is 0 Å². The van der Waals surface area contributed by atoms with Crippen molar-refractivity contribution in [3.63, 3.8) is 0 Å². The smallest absolute Gasteiger partial charge is 0.138 e. The normalized spacial score (nSPS) is 27.2. The first-order chi connectivity index (χ1) is 8.74. The molecule has 1 heterocycles. The van der Waals surface area contributed by atoms with Gasteiger partial charge in [-0.1, -0.05) is 59.9 Å². The molecule has 0 amide bonds. The van der Waals surface area contributed by atoms with E-state index in [1.807, 2.05) is 11.8 Å². The Morgan fingerprint density at radius 2 is 2.06 bits per heavy atom. The van der Waals surface area contributed by atoms with Crippen LogP contribution in [-0.2, 0) is 0 Å². The number of hydrogen-bond donors (Lipinski definition) is 1. The topological polar surface area (TPSA) is 12.0 Å². The lowest BCUT2D eigenvalue weighted by Crippen LogP contribution is -2.34. The molecule has 1 nitrogen and oxygen atoms in total. The van der Waals surface area contributed by atoms with Crippen LogP contribution in [0, 0.1) is 12.8 Å². The standard InChI is InChI=1S/C15H17NS2/c1-10-6-8-11(9-7-10)14-12-4-2-3-5-13(12)16-15(17)18-14/h5-9,12,14H,2-4H2,1H3,(H,16,17)/t12-,14+/m0/s1. The number of hydrogen-bond acceptors (Lipinski definition) is 2. The van der Waals surface area contributed by atoms with Gasteiger partial charge in [0.25, 0.3) is 0 Å². The van der Waals surface area contributed by atoms with Crippen molar-refractivity contribution >= 4 is 28.3 Å². The summed E-state index contributed by atoms with van der Waals surface area (Å²) in [5.41, 5.74) is 4.09. The minimum absolute atomic E-state index is 0.492. The Morgan fingerprint density at radius 1 is 1.28 bits per heavy atom. The monoisotopic (exact) mass is 275 g/mol. The predicted molar refractivity (Wildman–Crippen MR) is 82.7 cm³/mol. The first kappa shape index (κ1) is 12.2. The fourth-order valence-corrected chi connectivity index (χ4v) is 4.34. The molecule has 0 unspecified atom stereocenters. The van der Waals surface area contributed by atoms with Crippen molar-refractivity contribution in [2.75, 3.05) is 0 Å². The third-order valence-corrected chi connectivity index (χ3v) is 5.30. The highest BCUT2D eigenvalue weighted by molar-refractivity contribution is 8.23. The van der Waals surface area contributed by atoms with E-state index in [1.54, 1.807) is 0 Å². The highest BCUT2D eigenvalue weighted by Crippen LogP contribution is 2.46. The third-order valence-electron chi connectivity index (χ3n) is 3.73. The quantitative estimate of drug-likeness (QED) is 0.766. The van der Waals surface area contributed by atoms with Crippen LogP contribution in [0.3, 0.4) is 0 Å². The molecule has 1 saturated heterocycles. The second kappa shape index (κ2) is 5.06. The predicted octanol–water partition coefficient (Wildman–Crippen LogP) is 4.34. The Labute approximate surface area is 118 Å². The minimum atomic E-state index is 0.492. The van der Waals surface area contributed by atoms with Gasteiger partial charge in [-0.2, -0.15) is 0 Å². The summed E-state index contributed by atoms with van der Waals surface area (Å²) in [6.45, 7) is 2.13. The van der Waals surface area contributed by atoms with Crippen LogP contribution in [0.4, 0.5) is 0 Å². The van der Waals surface area contributed by atoms with Crippen molar-refractivity contribution in [3.05, 3.63) is 47.2 Å². The Bertz CT molecular complexity index is 490. The lowest BCUT2D eigenvalue weighted by Gasteiger charge is -2.37. The molecular weight excluding hydrogens is 258 g/mol. The van der Waals surface area contributed by atoms with Gasteiger partial charge in [-0.25, -0.2) is 0 Å². The molecule has 94 valence electrons. The summed E-state index contributed by atoms with van der Waals surface area (Å²) in [7, 11) is 0. The van der Waals surface area contributed by atoms with Crippen molar-refractivity contribution in [2.45, 2.75) is 31.4 Å². The lowest BCUT2D eigenvalue weighted by atomic mass is 9.86. The summed E-state index contributed by atoms with van der Waals surface area (Å²) in [6, 6.07) is 8.92. The van der Waals surface area contributed by atoms with Gasteiger partial charge >= 0.3 is 0 Å². The van der Waals surface area contributed by atoms with Crippen LogP contribution in [0.2, 0.25) is 0 Å². The molecule has 0 spiro atoms. The number of benzene rings is 1. The number of aryl methyl sites for hydroxylation is 1. The number of rotatable bonds is 1. The highest BCUT2D eigenvalue weighted by atomic mass is 32.2. The third kappa shape index (κ3) is 2.34. The lowest BCUT2D eigenvalue weighted by molar-refractivity contribution is 0.482. The van der Waals surface area contributed by atoms with Crippen LogP contribution in [0.25, 0.3) is 0 Å². The molecular formula is C15H17NS2. The molecule has 1 aromatic rings. The zero-order chi connectivity index (χ0) is 12.5. The summed E-state index contributed by atoms with van der Waals surface area (Å²) in [5, 5.41) is 3.88. The van der Waals surface area contributed by atoms with Gasteiger partial charge in [0.2, 0.25) is 0 Å². The second-order valence-electron chi connectivity index (χ2n) is 5.06. The van der Waals surface area contributed by atoms with E-state index in [1.165, 1.54) is 36.1 Å². The largest absolute Gasteiger partial charge is 0.345 e.